The van der Waals surface area contributed by atoms with Crippen molar-refractivity contribution >= 4 is 5.97 Å². The van der Waals surface area contributed by atoms with Gasteiger partial charge in [0.2, 0.25) is 0 Å². The second-order valence-electron chi connectivity index (χ2n) is 5.39. The molecular formula is C19H20F2O2. The van der Waals surface area contributed by atoms with E-state index < -0.39 is 18.6 Å². The maximum absolute atomic E-state index is 14.3. The highest BCUT2D eigenvalue weighted by Gasteiger charge is 2.18. The Balaban J connectivity index is 2.06. The van der Waals surface area contributed by atoms with E-state index in [0.717, 1.165) is 5.56 Å². The molecule has 23 heavy (non-hydrogen) atoms. The van der Waals surface area contributed by atoms with Gasteiger partial charge in [-0.2, -0.15) is 0 Å². The van der Waals surface area contributed by atoms with Crippen molar-refractivity contribution in [2.45, 2.75) is 25.7 Å². The van der Waals surface area contributed by atoms with Gasteiger partial charge in [-0.15, -0.1) is 0 Å². The third kappa shape index (κ3) is 4.62. The van der Waals surface area contributed by atoms with Gasteiger partial charge in [-0.05, 0) is 37.0 Å². The molecule has 0 aliphatic heterocycles. The third-order valence-corrected chi connectivity index (χ3v) is 3.70. The molecule has 2 rings (SSSR count). The van der Waals surface area contributed by atoms with Gasteiger partial charge in [0.05, 0.1) is 19.2 Å². The minimum Gasteiger partial charge on any atom is -0.465 e. The van der Waals surface area contributed by atoms with Crippen LogP contribution in [0.25, 0.3) is 11.1 Å². The second kappa shape index (κ2) is 8.42. The first-order chi connectivity index (χ1) is 11.1. The Labute approximate surface area is 135 Å². The summed E-state index contributed by atoms with van der Waals surface area (Å²) in [6.07, 6.45) is 0.873. The summed E-state index contributed by atoms with van der Waals surface area (Å²) in [4.78, 5) is 11.9. The molecule has 2 aromatic rings. The fraction of sp³-hybridized carbons (Fsp3) is 0.316. The van der Waals surface area contributed by atoms with Crippen molar-refractivity contribution in [3.63, 3.8) is 0 Å². The van der Waals surface area contributed by atoms with Crippen LogP contribution in [0.1, 0.15) is 31.2 Å². The quantitative estimate of drug-likeness (QED) is 0.537. The highest BCUT2D eigenvalue weighted by Crippen LogP contribution is 2.26. The van der Waals surface area contributed by atoms with Crippen LogP contribution in [-0.4, -0.2) is 19.3 Å². The van der Waals surface area contributed by atoms with Crippen LogP contribution in [0.3, 0.4) is 0 Å². The predicted molar refractivity (Wildman–Crippen MR) is 86.4 cm³/mol. The van der Waals surface area contributed by atoms with Crippen LogP contribution >= 0.6 is 0 Å². The first-order valence-corrected chi connectivity index (χ1v) is 7.71. The number of hydrogen-bond donors (Lipinski definition) is 0. The van der Waals surface area contributed by atoms with Gasteiger partial charge >= 0.3 is 5.97 Å². The SMILES string of the molecule is CC(C(=O)OCCCCF)c1ccc(-c2ccccc2)c(F)c1. The van der Waals surface area contributed by atoms with E-state index in [-0.39, 0.29) is 12.4 Å². The number of carbonyl (C=O) groups is 1. The number of benzene rings is 2. The molecule has 0 amide bonds. The summed E-state index contributed by atoms with van der Waals surface area (Å²) in [7, 11) is 0. The van der Waals surface area contributed by atoms with Gasteiger partial charge in [0.25, 0.3) is 0 Å². The van der Waals surface area contributed by atoms with E-state index in [1.54, 1.807) is 19.1 Å². The summed E-state index contributed by atoms with van der Waals surface area (Å²) >= 11 is 0. The highest BCUT2D eigenvalue weighted by atomic mass is 19.1. The molecule has 0 heterocycles. The van der Waals surface area contributed by atoms with Gasteiger partial charge in [-0.25, -0.2) is 4.39 Å². The minimum atomic E-state index is -0.556. The lowest BCUT2D eigenvalue weighted by atomic mass is 9.97. The number of carbonyl (C=O) groups excluding carboxylic acids is 1. The van der Waals surface area contributed by atoms with E-state index in [1.165, 1.54) is 6.07 Å². The van der Waals surface area contributed by atoms with Gasteiger partial charge in [0.1, 0.15) is 5.82 Å². The average Bonchev–Trinajstić information content (AvgIpc) is 2.58. The van der Waals surface area contributed by atoms with Crippen molar-refractivity contribution < 1.29 is 18.3 Å². The van der Waals surface area contributed by atoms with Gasteiger partial charge in [-0.1, -0.05) is 42.5 Å². The molecule has 0 bridgehead atoms. The van der Waals surface area contributed by atoms with Crippen molar-refractivity contribution in [2.75, 3.05) is 13.3 Å². The van der Waals surface area contributed by atoms with Crippen molar-refractivity contribution in [2.24, 2.45) is 0 Å². The average molecular weight is 318 g/mol. The molecule has 0 saturated heterocycles. The van der Waals surface area contributed by atoms with Crippen LogP contribution in [0.2, 0.25) is 0 Å². The predicted octanol–water partition coefficient (Wildman–Crippen LogP) is 4.89. The maximum atomic E-state index is 14.3. The Morgan fingerprint density at radius 2 is 1.87 bits per heavy atom. The van der Waals surface area contributed by atoms with Crippen LogP contribution in [0, 0.1) is 5.82 Å². The summed E-state index contributed by atoms with van der Waals surface area (Å²) in [5, 5.41) is 0. The van der Waals surface area contributed by atoms with Crippen molar-refractivity contribution in [3.05, 3.63) is 59.9 Å². The molecule has 0 radical (unpaired) electrons. The monoisotopic (exact) mass is 318 g/mol. The number of alkyl halides is 1. The third-order valence-electron chi connectivity index (χ3n) is 3.70. The zero-order valence-corrected chi connectivity index (χ0v) is 13.1. The summed E-state index contributed by atoms with van der Waals surface area (Å²) in [5.74, 6) is -1.35. The Morgan fingerprint density at radius 3 is 2.52 bits per heavy atom. The number of halogens is 2. The molecular weight excluding hydrogens is 298 g/mol. The van der Waals surface area contributed by atoms with E-state index in [2.05, 4.69) is 0 Å². The van der Waals surface area contributed by atoms with Crippen molar-refractivity contribution in [1.82, 2.24) is 0 Å². The van der Waals surface area contributed by atoms with E-state index in [1.807, 2.05) is 30.3 Å². The van der Waals surface area contributed by atoms with E-state index in [0.29, 0.717) is 24.0 Å². The standard InChI is InChI=1S/C19H20F2O2/c1-14(19(22)23-12-6-5-11-20)16-9-10-17(18(21)13-16)15-7-3-2-4-8-15/h2-4,7-10,13-14H,5-6,11-12H2,1H3. The molecule has 0 aromatic heterocycles. The molecule has 1 unspecified atom stereocenters. The summed E-state index contributed by atoms with van der Waals surface area (Å²) < 4.78 is 31.4. The number of esters is 1. The highest BCUT2D eigenvalue weighted by molar-refractivity contribution is 5.78. The lowest BCUT2D eigenvalue weighted by molar-refractivity contribution is -0.145. The summed E-state index contributed by atoms with van der Waals surface area (Å²) in [5.41, 5.74) is 1.86. The zero-order valence-electron chi connectivity index (χ0n) is 13.1. The van der Waals surface area contributed by atoms with Crippen molar-refractivity contribution in [1.29, 1.82) is 0 Å². The second-order valence-corrected chi connectivity index (χ2v) is 5.39. The Kier molecular flexibility index (Phi) is 6.27. The van der Waals surface area contributed by atoms with Gasteiger partial charge < -0.3 is 4.74 Å². The summed E-state index contributed by atoms with van der Waals surface area (Å²) in [6.45, 7) is 1.45. The number of rotatable bonds is 7. The van der Waals surface area contributed by atoms with Crippen LogP contribution in [0.15, 0.2) is 48.5 Å². The van der Waals surface area contributed by atoms with E-state index in [9.17, 15) is 13.6 Å². The van der Waals surface area contributed by atoms with Crippen LogP contribution in [-0.2, 0) is 9.53 Å². The number of hydrogen-bond acceptors (Lipinski definition) is 2. The molecule has 0 fully saturated rings. The molecule has 0 N–H and O–H groups in total. The normalized spacial score (nSPS) is 12.0. The molecule has 0 spiro atoms. The van der Waals surface area contributed by atoms with Crippen LogP contribution in [0.4, 0.5) is 8.78 Å². The molecule has 2 aromatic carbocycles. The first kappa shape index (κ1) is 17.1. The Hall–Kier alpha value is -2.23. The van der Waals surface area contributed by atoms with Gasteiger partial charge in [0.15, 0.2) is 0 Å². The fourth-order valence-corrected chi connectivity index (χ4v) is 2.28. The Bertz CT molecular complexity index is 641. The van der Waals surface area contributed by atoms with Gasteiger partial charge in [-0.3, -0.25) is 9.18 Å². The zero-order chi connectivity index (χ0) is 16.7. The lowest BCUT2D eigenvalue weighted by Crippen LogP contribution is -2.14. The van der Waals surface area contributed by atoms with Crippen molar-refractivity contribution in [3.8, 4) is 11.1 Å². The molecule has 2 nitrogen and oxygen atoms in total. The lowest BCUT2D eigenvalue weighted by Gasteiger charge is -2.13. The number of ether oxygens (including phenoxy) is 1. The minimum absolute atomic E-state index is 0.192. The molecule has 122 valence electrons. The topological polar surface area (TPSA) is 26.3 Å². The largest absolute Gasteiger partial charge is 0.465 e. The molecule has 0 saturated carbocycles. The van der Waals surface area contributed by atoms with Crippen LogP contribution < -0.4 is 0 Å². The molecule has 4 heteroatoms. The summed E-state index contributed by atoms with van der Waals surface area (Å²) in [6, 6.07) is 14.0. The number of unbranched alkanes of at least 4 members (excludes halogenated alkanes) is 1. The molecule has 0 aliphatic rings. The smallest absolute Gasteiger partial charge is 0.313 e. The molecule has 0 aliphatic carbocycles. The first-order valence-electron chi connectivity index (χ1n) is 7.71. The van der Waals surface area contributed by atoms with E-state index in [4.69, 9.17) is 4.74 Å². The maximum Gasteiger partial charge on any atom is 0.313 e. The van der Waals surface area contributed by atoms with Gasteiger partial charge in [0, 0.05) is 5.56 Å². The fourth-order valence-electron chi connectivity index (χ4n) is 2.28. The van der Waals surface area contributed by atoms with Crippen LogP contribution in [0.5, 0.6) is 0 Å². The van der Waals surface area contributed by atoms with E-state index >= 15 is 0 Å². The Morgan fingerprint density at radius 1 is 1.13 bits per heavy atom. The molecule has 1 atom stereocenters.